The number of rotatable bonds is 1. The Bertz CT molecular complexity index is 460. The third-order valence-electron chi connectivity index (χ3n) is 1.96. The Morgan fingerprint density at radius 1 is 1.29 bits per heavy atom. The number of nitrogens with one attached hydrogen (secondary N) is 1. The zero-order valence-corrected chi connectivity index (χ0v) is 7.78. The molecule has 0 radical (unpaired) electrons. The summed E-state index contributed by atoms with van der Waals surface area (Å²) in [7, 11) is 0. The lowest BCUT2D eigenvalue weighted by Gasteiger charge is -2.02. The second-order valence-electron chi connectivity index (χ2n) is 3.08. The second-order valence-corrected chi connectivity index (χ2v) is 3.08. The monoisotopic (exact) mass is 189 g/mol. The molecule has 0 spiro atoms. The van der Waals surface area contributed by atoms with Gasteiger partial charge in [-0.05, 0) is 19.1 Å². The normalized spacial score (nSPS) is 10.4. The molecule has 2 heterocycles. The van der Waals surface area contributed by atoms with Crippen molar-refractivity contribution in [3.63, 3.8) is 0 Å². The number of nitrogen functional groups attached to an aromatic ring is 2. The Kier molecular flexibility index (Phi) is 1.85. The van der Waals surface area contributed by atoms with E-state index in [-0.39, 0.29) is 5.95 Å². The highest BCUT2D eigenvalue weighted by atomic mass is 15.0. The first-order chi connectivity index (χ1) is 6.66. The van der Waals surface area contributed by atoms with Crippen molar-refractivity contribution in [3.05, 3.63) is 24.0 Å². The predicted molar refractivity (Wildman–Crippen MR) is 55.4 cm³/mol. The molecule has 0 aliphatic heterocycles. The molecule has 5 heteroatoms. The van der Waals surface area contributed by atoms with Gasteiger partial charge in [0.1, 0.15) is 5.82 Å². The topological polar surface area (TPSA) is 93.6 Å². The van der Waals surface area contributed by atoms with Crippen molar-refractivity contribution in [2.24, 2.45) is 0 Å². The molecule has 72 valence electrons. The molecule has 0 saturated heterocycles. The van der Waals surface area contributed by atoms with Gasteiger partial charge in [0.2, 0.25) is 5.95 Å². The fourth-order valence-corrected chi connectivity index (χ4v) is 1.28. The maximum Gasteiger partial charge on any atom is 0.221 e. The molecular weight excluding hydrogens is 178 g/mol. The van der Waals surface area contributed by atoms with Crippen LogP contribution in [0.1, 0.15) is 5.69 Å². The summed E-state index contributed by atoms with van der Waals surface area (Å²) in [5.74, 6) is 0.578. The van der Waals surface area contributed by atoms with Crippen molar-refractivity contribution >= 4 is 11.8 Å². The molecule has 0 amide bonds. The van der Waals surface area contributed by atoms with Crippen LogP contribution < -0.4 is 11.5 Å². The van der Waals surface area contributed by atoms with E-state index in [0.717, 1.165) is 17.0 Å². The first-order valence-electron chi connectivity index (χ1n) is 4.21. The zero-order chi connectivity index (χ0) is 10.1. The van der Waals surface area contributed by atoms with Gasteiger partial charge in [-0.15, -0.1) is 0 Å². The lowest BCUT2D eigenvalue weighted by molar-refractivity contribution is 1.18. The standard InChI is InChI=1S/C9H11N5/c1-5-2-3-7(13-5)6-4-12-9(11)14-8(6)10/h2-4,13H,1H3,(H4,10,11,12,14). The first kappa shape index (κ1) is 8.55. The molecule has 0 aliphatic rings. The molecule has 0 bridgehead atoms. The van der Waals surface area contributed by atoms with Crippen molar-refractivity contribution in [3.8, 4) is 11.3 Å². The van der Waals surface area contributed by atoms with Gasteiger partial charge in [-0.1, -0.05) is 0 Å². The zero-order valence-electron chi connectivity index (χ0n) is 7.78. The van der Waals surface area contributed by atoms with E-state index < -0.39 is 0 Å². The highest BCUT2D eigenvalue weighted by Crippen LogP contribution is 2.22. The predicted octanol–water partition coefficient (Wildman–Crippen LogP) is 0.945. The summed E-state index contributed by atoms with van der Waals surface area (Å²) in [5.41, 5.74) is 13.8. The molecule has 14 heavy (non-hydrogen) atoms. The number of H-pyrrole nitrogens is 1. The van der Waals surface area contributed by atoms with E-state index in [1.54, 1.807) is 6.20 Å². The summed E-state index contributed by atoms with van der Waals surface area (Å²) >= 11 is 0. The molecule has 2 rings (SSSR count). The molecule has 5 nitrogen and oxygen atoms in total. The number of aromatic nitrogens is 3. The maximum atomic E-state index is 5.71. The lowest BCUT2D eigenvalue weighted by atomic mass is 10.2. The molecule has 5 N–H and O–H groups in total. The number of hydrogen-bond donors (Lipinski definition) is 3. The summed E-state index contributed by atoms with van der Waals surface area (Å²) < 4.78 is 0. The van der Waals surface area contributed by atoms with Crippen LogP contribution in [0.25, 0.3) is 11.3 Å². The number of anilines is 2. The van der Waals surface area contributed by atoms with Crippen LogP contribution in [0.3, 0.4) is 0 Å². The second kappa shape index (κ2) is 3.02. The number of nitrogens with two attached hydrogens (primary N) is 2. The van der Waals surface area contributed by atoms with Crippen LogP contribution in [0, 0.1) is 6.92 Å². The van der Waals surface area contributed by atoms with E-state index in [0.29, 0.717) is 5.82 Å². The molecule has 0 aliphatic carbocycles. The van der Waals surface area contributed by atoms with Gasteiger partial charge in [-0.2, -0.15) is 4.98 Å². The maximum absolute atomic E-state index is 5.71. The van der Waals surface area contributed by atoms with Crippen molar-refractivity contribution in [2.45, 2.75) is 6.92 Å². The Balaban J connectivity index is 2.52. The quantitative estimate of drug-likeness (QED) is 0.622. The van der Waals surface area contributed by atoms with Gasteiger partial charge in [-0.25, -0.2) is 4.98 Å². The van der Waals surface area contributed by atoms with Crippen LogP contribution in [-0.2, 0) is 0 Å². The van der Waals surface area contributed by atoms with Gasteiger partial charge in [0.05, 0.1) is 11.3 Å². The Hall–Kier alpha value is -2.04. The molecule has 0 aromatic carbocycles. The van der Waals surface area contributed by atoms with Crippen LogP contribution >= 0.6 is 0 Å². The van der Waals surface area contributed by atoms with Gasteiger partial charge >= 0.3 is 0 Å². The van der Waals surface area contributed by atoms with Gasteiger partial charge in [0, 0.05) is 11.9 Å². The molecule has 0 saturated carbocycles. The van der Waals surface area contributed by atoms with Crippen molar-refractivity contribution in [2.75, 3.05) is 11.5 Å². The van der Waals surface area contributed by atoms with Crippen molar-refractivity contribution in [1.29, 1.82) is 0 Å². The van der Waals surface area contributed by atoms with Crippen LogP contribution in [-0.4, -0.2) is 15.0 Å². The molecular formula is C9H11N5. The minimum Gasteiger partial charge on any atom is -0.383 e. The van der Waals surface area contributed by atoms with Crippen molar-refractivity contribution < 1.29 is 0 Å². The Morgan fingerprint density at radius 2 is 2.07 bits per heavy atom. The average molecular weight is 189 g/mol. The van der Waals surface area contributed by atoms with E-state index in [2.05, 4.69) is 15.0 Å². The van der Waals surface area contributed by atoms with Gasteiger partial charge in [0.25, 0.3) is 0 Å². The average Bonchev–Trinajstić information content (AvgIpc) is 2.51. The van der Waals surface area contributed by atoms with Gasteiger partial charge in [0.15, 0.2) is 0 Å². The summed E-state index contributed by atoms with van der Waals surface area (Å²) in [6.45, 7) is 1.97. The third-order valence-corrected chi connectivity index (χ3v) is 1.96. The first-order valence-corrected chi connectivity index (χ1v) is 4.21. The summed E-state index contributed by atoms with van der Waals surface area (Å²) in [5, 5.41) is 0. The number of aromatic amines is 1. The smallest absolute Gasteiger partial charge is 0.221 e. The van der Waals surface area contributed by atoms with E-state index in [1.165, 1.54) is 0 Å². The van der Waals surface area contributed by atoms with Crippen LogP contribution in [0.15, 0.2) is 18.3 Å². The van der Waals surface area contributed by atoms with Gasteiger partial charge in [-0.3, -0.25) is 0 Å². The van der Waals surface area contributed by atoms with E-state index in [4.69, 9.17) is 11.5 Å². The van der Waals surface area contributed by atoms with Crippen molar-refractivity contribution in [1.82, 2.24) is 15.0 Å². The molecule has 0 atom stereocenters. The summed E-state index contributed by atoms with van der Waals surface area (Å²) in [4.78, 5) is 10.9. The Morgan fingerprint density at radius 3 is 2.64 bits per heavy atom. The molecule has 2 aromatic rings. The highest BCUT2D eigenvalue weighted by molar-refractivity contribution is 5.70. The summed E-state index contributed by atoms with van der Waals surface area (Å²) in [6.07, 6.45) is 1.61. The highest BCUT2D eigenvalue weighted by Gasteiger charge is 2.06. The van der Waals surface area contributed by atoms with E-state index >= 15 is 0 Å². The minimum absolute atomic E-state index is 0.189. The molecule has 0 unspecified atom stereocenters. The Labute approximate surface area is 81.2 Å². The minimum atomic E-state index is 0.189. The third kappa shape index (κ3) is 1.39. The fraction of sp³-hybridized carbons (Fsp3) is 0.111. The van der Waals surface area contributed by atoms with Gasteiger partial charge < -0.3 is 16.5 Å². The number of aryl methyl sites for hydroxylation is 1. The number of nitrogens with zero attached hydrogens (tertiary/aromatic N) is 2. The van der Waals surface area contributed by atoms with Crippen LogP contribution in [0.2, 0.25) is 0 Å². The number of hydrogen-bond acceptors (Lipinski definition) is 4. The van der Waals surface area contributed by atoms with Crippen LogP contribution in [0.4, 0.5) is 11.8 Å². The summed E-state index contributed by atoms with van der Waals surface area (Å²) in [6, 6.07) is 3.89. The van der Waals surface area contributed by atoms with E-state index in [9.17, 15) is 0 Å². The SMILES string of the molecule is Cc1ccc(-c2cnc(N)nc2N)[nH]1. The fourth-order valence-electron chi connectivity index (χ4n) is 1.28. The van der Waals surface area contributed by atoms with E-state index in [1.807, 2.05) is 19.1 Å². The largest absolute Gasteiger partial charge is 0.383 e. The van der Waals surface area contributed by atoms with Crippen LogP contribution in [0.5, 0.6) is 0 Å². The lowest BCUT2D eigenvalue weighted by Crippen LogP contribution is -2.01. The molecule has 0 fully saturated rings. The molecule has 2 aromatic heterocycles.